The predicted molar refractivity (Wildman–Crippen MR) is 103 cm³/mol. The van der Waals surface area contributed by atoms with Gasteiger partial charge in [0.15, 0.2) is 0 Å². The molecule has 0 radical (unpaired) electrons. The molecule has 0 saturated carbocycles. The van der Waals surface area contributed by atoms with Crippen LogP contribution in [0.1, 0.15) is 0 Å². The number of hydrogen-bond donors (Lipinski definition) is 7. The van der Waals surface area contributed by atoms with E-state index in [2.05, 4.69) is 5.32 Å². The molecule has 1 rings (SSSR count). The van der Waals surface area contributed by atoms with Crippen molar-refractivity contribution >= 4 is 17.9 Å². The highest BCUT2D eigenvalue weighted by Crippen LogP contribution is 2.08. The van der Waals surface area contributed by atoms with Crippen LogP contribution in [0.25, 0.3) is 0 Å². The monoisotopic (exact) mass is 436 g/mol. The van der Waals surface area contributed by atoms with E-state index in [9.17, 15) is 45.0 Å². The molecule has 0 aliphatic carbocycles. The number of nitrogens with zero attached hydrogens (tertiary/aromatic N) is 3. The van der Waals surface area contributed by atoms with Gasteiger partial charge in [0, 0.05) is 52.4 Å². The van der Waals surface area contributed by atoms with E-state index in [0.717, 1.165) is 0 Å². The molecule has 3 atom stereocenters. The Morgan fingerprint density at radius 1 is 0.600 bits per heavy atom. The van der Waals surface area contributed by atoms with Crippen molar-refractivity contribution in [2.75, 3.05) is 72.2 Å². The van der Waals surface area contributed by atoms with Crippen molar-refractivity contribution in [1.29, 1.82) is 0 Å². The van der Waals surface area contributed by atoms with Crippen molar-refractivity contribution in [1.82, 2.24) is 20.0 Å². The lowest BCUT2D eigenvalue weighted by Crippen LogP contribution is -2.56. The molecule has 1 fully saturated rings. The van der Waals surface area contributed by atoms with Gasteiger partial charge in [-0.1, -0.05) is 0 Å². The first-order valence-corrected chi connectivity index (χ1v) is 9.70. The highest BCUT2D eigenvalue weighted by atomic mass is 16.4. The Morgan fingerprint density at radius 2 is 0.867 bits per heavy atom. The Hall–Kier alpha value is -1.87. The van der Waals surface area contributed by atoms with Gasteiger partial charge in [-0.2, -0.15) is 0 Å². The molecule has 0 aromatic heterocycles. The molecular formula is C17H32N4O9. The Labute approximate surface area is 174 Å². The molecule has 30 heavy (non-hydrogen) atoms. The molecule has 0 spiro atoms. The zero-order valence-electron chi connectivity index (χ0n) is 16.8. The second-order valence-electron chi connectivity index (χ2n) is 6.97. The Bertz CT molecular complexity index is 529. The lowest BCUT2D eigenvalue weighted by molar-refractivity contribution is -0.148. The van der Waals surface area contributed by atoms with Crippen molar-refractivity contribution in [2.24, 2.45) is 0 Å². The van der Waals surface area contributed by atoms with Crippen molar-refractivity contribution in [3.8, 4) is 0 Å². The topological polar surface area (TPSA) is 194 Å². The van der Waals surface area contributed by atoms with Gasteiger partial charge in [-0.05, 0) is 0 Å². The highest BCUT2D eigenvalue weighted by molar-refractivity contribution is 5.74. The normalized spacial score (nSPS) is 21.7. The molecule has 1 aliphatic heterocycles. The summed E-state index contributed by atoms with van der Waals surface area (Å²) in [5.74, 6) is -3.67. The maximum Gasteiger partial charge on any atom is 0.323 e. The van der Waals surface area contributed by atoms with E-state index in [1.807, 2.05) is 0 Å². The van der Waals surface area contributed by atoms with E-state index in [1.54, 1.807) is 0 Å². The average Bonchev–Trinajstić information content (AvgIpc) is 2.67. The lowest BCUT2D eigenvalue weighted by Gasteiger charge is -2.36. The zero-order chi connectivity index (χ0) is 22.7. The zero-order valence-corrected chi connectivity index (χ0v) is 16.8. The van der Waals surface area contributed by atoms with Crippen molar-refractivity contribution in [3.05, 3.63) is 0 Å². The van der Waals surface area contributed by atoms with Gasteiger partial charge < -0.3 is 36.0 Å². The van der Waals surface area contributed by atoms with E-state index in [-0.39, 0.29) is 39.3 Å². The first-order chi connectivity index (χ1) is 14.3. The van der Waals surface area contributed by atoms with E-state index in [4.69, 9.17) is 0 Å². The van der Waals surface area contributed by atoms with Gasteiger partial charge in [0.25, 0.3) is 0 Å². The average molecular weight is 436 g/mol. The minimum absolute atomic E-state index is 0.0754. The van der Waals surface area contributed by atoms with Crippen LogP contribution in [0.3, 0.4) is 0 Å². The summed E-state index contributed by atoms with van der Waals surface area (Å²) in [6.45, 7) is -0.288. The minimum Gasteiger partial charge on any atom is -0.480 e. The van der Waals surface area contributed by atoms with Gasteiger partial charge in [0.05, 0.1) is 19.8 Å². The molecule has 0 aromatic carbocycles. The third-order valence-corrected chi connectivity index (χ3v) is 5.20. The molecule has 0 amide bonds. The standard InChI is InChI=1S/C17H32N4O9/c22-9-12(15(25)26)19-3-1-18-2-4-20(13(10-23)16(27)28)6-8-21(7-5-19)14(11-24)17(29)30/h12-14,18,22-24H,1-11H2,(H,25,26)(H,27,28)(H,29,30). The molecule has 1 heterocycles. The summed E-state index contributed by atoms with van der Waals surface area (Å²) in [4.78, 5) is 38.9. The lowest BCUT2D eigenvalue weighted by atomic mass is 10.2. The smallest absolute Gasteiger partial charge is 0.323 e. The van der Waals surface area contributed by atoms with Gasteiger partial charge in [0.1, 0.15) is 18.1 Å². The number of carboxylic acids is 3. The van der Waals surface area contributed by atoms with Crippen molar-refractivity contribution in [3.63, 3.8) is 0 Å². The largest absolute Gasteiger partial charge is 0.480 e. The maximum atomic E-state index is 11.6. The second kappa shape index (κ2) is 13.4. The summed E-state index contributed by atoms with van der Waals surface area (Å²) < 4.78 is 0. The van der Waals surface area contributed by atoms with Crippen LogP contribution in [-0.4, -0.2) is 154 Å². The molecule has 3 unspecified atom stereocenters. The van der Waals surface area contributed by atoms with Gasteiger partial charge in [-0.15, -0.1) is 0 Å². The number of hydrogen-bond acceptors (Lipinski definition) is 10. The molecule has 13 nitrogen and oxygen atoms in total. The molecule has 0 aromatic rings. The van der Waals surface area contributed by atoms with Crippen molar-refractivity contribution < 1.29 is 45.0 Å². The van der Waals surface area contributed by atoms with E-state index in [0.29, 0.717) is 13.1 Å². The third-order valence-electron chi connectivity index (χ3n) is 5.20. The number of aliphatic carboxylic acids is 3. The summed E-state index contributed by atoms with van der Waals surface area (Å²) >= 11 is 0. The van der Waals surface area contributed by atoms with Gasteiger partial charge in [0.2, 0.25) is 0 Å². The van der Waals surface area contributed by atoms with Crippen LogP contribution in [0.15, 0.2) is 0 Å². The van der Waals surface area contributed by atoms with Crippen LogP contribution in [0.2, 0.25) is 0 Å². The molecule has 0 bridgehead atoms. The minimum atomic E-state index is -1.27. The summed E-state index contributed by atoms with van der Waals surface area (Å²) in [7, 11) is 0. The second-order valence-corrected chi connectivity index (χ2v) is 6.97. The molecule has 13 heteroatoms. The first kappa shape index (κ1) is 26.2. The van der Waals surface area contributed by atoms with Crippen LogP contribution in [0.5, 0.6) is 0 Å². The fraction of sp³-hybridized carbons (Fsp3) is 0.824. The summed E-state index contributed by atoms with van der Waals surface area (Å²) in [5.41, 5.74) is 0. The predicted octanol–water partition coefficient (Wildman–Crippen LogP) is -4.17. The Balaban J connectivity index is 3.07. The number of nitrogens with one attached hydrogen (secondary N) is 1. The Kier molecular flexibility index (Phi) is 11.7. The summed E-state index contributed by atoms with van der Waals surface area (Å²) in [6.07, 6.45) is 0. The fourth-order valence-corrected chi connectivity index (χ4v) is 3.40. The van der Waals surface area contributed by atoms with Crippen LogP contribution in [-0.2, 0) is 14.4 Å². The number of rotatable bonds is 9. The van der Waals surface area contributed by atoms with Crippen LogP contribution in [0.4, 0.5) is 0 Å². The van der Waals surface area contributed by atoms with Gasteiger partial charge in [-0.3, -0.25) is 29.1 Å². The maximum absolute atomic E-state index is 11.6. The number of carbonyl (C=O) groups is 3. The molecule has 1 aliphatic rings. The number of carboxylic acid groups (broad SMARTS) is 3. The van der Waals surface area contributed by atoms with E-state index < -0.39 is 55.9 Å². The molecule has 1 saturated heterocycles. The first-order valence-electron chi connectivity index (χ1n) is 9.70. The summed E-state index contributed by atoms with van der Waals surface area (Å²) in [5, 5.41) is 59.6. The van der Waals surface area contributed by atoms with Crippen molar-refractivity contribution in [2.45, 2.75) is 18.1 Å². The fourth-order valence-electron chi connectivity index (χ4n) is 3.40. The SMILES string of the molecule is O=C(O)C(CO)N1CCNCCN(C(CO)C(=O)O)CCN(C(CO)C(=O)O)CC1. The molecular weight excluding hydrogens is 404 g/mol. The number of aliphatic hydroxyl groups excluding tert-OH is 3. The van der Waals surface area contributed by atoms with Gasteiger partial charge in [-0.25, -0.2) is 0 Å². The Morgan fingerprint density at radius 3 is 1.10 bits per heavy atom. The van der Waals surface area contributed by atoms with Crippen LogP contribution < -0.4 is 5.32 Å². The number of aliphatic hydroxyl groups is 3. The summed E-state index contributed by atoms with van der Waals surface area (Å²) in [6, 6.07) is -3.57. The van der Waals surface area contributed by atoms with E-state index >= 15 is 0 Å². The van der Waals surface area contributed by atoms with E-state index in [1.165, 1.54) is 14.7 Å². The highest BCUT2D eigenvalue weighted by Gasteiger charge is 2.31. The van der Waals surface area contributed by atoms with Crippen LogP contribution in [0, 0.1) is 0 Å². The molecule has 174 valence electrons. The molecule has 7 N–H and O–H groups in total. The third kappa shape index (κ3) is 7.75. The van der Waals surface area contributed by atoms with Gasteiger partial charge >= 0.3 is 17.9 Å². The van der Waals surface area contributed by atoms with Crippen LogP contribution >= 0.6 is 0 Å². The quantitative estimate of drug-likeness (QED) is 0.184.